The van der Waals surface area contributed by atoms with Gasteiger partial charge < -0.3 is 14.5 Å². The van der Waals surface area contributed by atoms with E-state index in [-0.39, 0.29) is 12.0 Å². The number of hydrogen-bond acceptors (Lipinski definition) is 5. The number of ether oxygens (including phenoxy) is 1. The molecule has 0 aromatic heterocycles. The highest BCUT2D eigenvalue weighted by Gasteiger charge is 2.26. The van der Waals surface area contributed by atoms with Crippen LogP contribution in [-0.4, -0.2) is 51.0 Å². The Morgan fingerprint density at radius 1 is 1.19 bits per heavy atom. The first-order valence-corrected chi connectivity index (χ1v) is 10.4. The third-order valence-corrected chi connectivity index (χ3v) is 5.15. The molecule has 6 nitrogen and oxygen atoms in total. The highest BCUT2D eigenvalue weighted by Crippen LogP contribution is 2.24. The van der Waals surface area contributed by atoms with Gasteiger partial charge in [0.05, 0.1) is 0 Å². The largest absolute Gasteiger partial charge is 0.444 e. The van der Waals surface area contributed by atoms with Crippen molar-refractivity contribution in [3.63, 3.8) is 0 Å². The molecule has 1 saturated heterocycles. The predicted octanol–water partition coefficient (Wildman–Crippen LogP) is 2.88. The Hall–Kier alpha value is -1.76. The van der Waals surface area contributed by atoms with Crippen LogP contribution in [0.3, 0.4) is 0 Å². The lowest BCUT2D eigenvalue weighted by Crippen LogP contribution is -2.42. The van der Waals surface area contributed by atoms with E-state index in [4.69, 9.17) is 4.74 Å². The molecule has 0 aliphatic carbocycles. The Kier molecular flexibility index (Phi) is 6.92. The van der Waals surface area contributed by atoms with Crippen LogP contribution in [0.1, 0.15) is 39.2 Å². The molecule has 0 saturated carbocycles. The Morgan fingerprint density at radius 2 is 1.77 bits per heavy atom. The lowest BCUT2D eigenvalue weighted by molar-refractivity contribution is 0.0184. The van der Waals surface area contributed by atoms with E-state index in [1.54, 1.807) is 16.8 Å². The maximum Gasteiger partial charge on any atom is 0.410 e. The van der Waals surface area contributed by atoms with Crippen molar-refractivity contribution >= 4 is 22.5 Å². The Labute approximate surface area is 158 Å². The average Bonchev–Trinajstić information content (AvgIpc) is 2.54. The molecule has 1 aromatic rings. The van der Waals surface area contributed by atoms with Crippen LogP contribution in [0.2, 0.25) is 0 Å². The summed E-state index contributed by atoms with van der Waals surface area (Å²) in [4.78, 5) is 15.6. The van der Waals surface area contributed by atoms with Crippen molar-refractivity contribution in [2.75, 3.05) is 30.9 Å². The summed E-state index contributed by atoms with van der Waals surface area (Å²) in [5.41, 5.74) is 1.68. The third kappa shape index (κ3) is 6.52. The van der Waals surface area contributed by atoms with Gasteiger partial charge in [-0.2, -0.15) is 0 Å². The maximum absolute atomic E-state index is 12.1. The van der Waals surface area contributed by atoms with Crippen LogP contribution in [0.5, 0.6) is 0 Å². The highest BCUT2D eigenvalue weighted by atomic mass is 32.2. The van der Waals surface area contributed by atoms with Gasteiger partial charge in [0.25, 0.3) is 0 Å². The van der Waals surface area contributed by atoms with E-state index in [9.17, 15) is 13.2 Å². The standard InChI is InChI=1S/C19H30N2O4S/c1-19(2,3)25-18(22)21-11-9-16(10-12-21)13-15-5-7-17(8-6-15)20(4)14-26(23)24/h5-8,16,26H,9-14H2,1-4H3. The van der Waals surface area contributed by atoms with Gasteiger partial charge in [0.1, 0.15) is 11.5 Å². The molecule has 1 aliphatic heterocycles. The van der Waals surface area contributed by atoms with Crippen molar-refractivity contribution in [2.45, 2.75) is 45.6 Å². The number of nitrogens with zero attached hydrogens (tertiary/aromatic N) is 2. The molecule has 7 heteroatoms. The molecule has 26 heavy (non-hydrogen) atoms. The van der Waals surface area contributed by atoms with Crippen molar-refractivity contribution in [1.29, 1.82) is 0 Å². The Balaban J connectivity index is 1.83. The van der Waals surface area contributed by atoms with E-state index in [0.29, 0.717) is 5.92 Å². The zero-order valence-electron chi connectivity index (χ0n) is 16.1. The number of carbonyl (C=O) groups is 1. The van der Waals surface area contributed by atoms with E-state index in [1.165, 1.54) is 5.56 Å². The van der Waals surface area contributed by atoms with Gasteiger partial charge in [0.2, 0.25) is 0 Å². The number of hydrogen-bond donors (Lipinski definition) is 1. The van der Waals surface area contributed by atoms with Gasteiger partial charge in [-0.3, -0.25) is 0 Å². The first-order chi connectivity index (χ1) is 12.1. The van der Waals surface area contributed by atoms with Gasteiger partial charge in [0, 0.05) is 25.8 Å². The summed E-state index contributed by atoms with van der Waals surface area (Å²) in [5, 5.41) is 0. The second-order valence-electron chi connectivity index (χ2n) is 7.95. The van der Waals surface area contributed by atoms with Gasteiger partial charge >= 0.3 is 6.09 Å². The first kappa shape index (κ1) is 20.6. The summed E-state index contributed by atoms with van der Waals surface area (Å²) in [7, 11) is -0.650. The smallest absolute Gasteiger partial charge is 0.410 e. The Morgan fingerprint density at radius 3 is 2.27 bits per heavy atom. The number of carbonyl (C=O) groups excluding carboxylic acids is 1. The topological polar surface area (TPSA) is 66.9 Å². The highest BCUT2D eigenvalue weighted by molar-refractivity contribution is 7.72. The van der Waals surface area contributed by atoms with Crippen LogP contribution in [-0.2, 0) is 21.9 Å². The lowest BCUT2D eigenvalue weighted by Gasteiger charge is -2.33. The minimum absolute atomic E-state index is 0.0256. The molecule has 0 unspecified atom stereocenters. The maximum atomic E-state index is 12.1. The van der Waals surface area contributed by atoms with Crippen molar-refractivity contribution in [3.05, 3.63) is 29.8 Å². The van der Waals surface area contributed by atoms with Crippen LogP contribution in [0.4, 0.5) is 10.5 Å². The molecule has 0 radical (unpaired) electrons. The molecule has 146 valence electrons. The fraction of sp³-hybridized carbons (Fsp3) is 0.632. The molecular formula is C19H30N2O4S. The predicted molar refractivity (Wildman–Crippen MR) is 104 cm³/mol. The van der Waals surface area contributed by atoms with Crippen molar-refractivity contribution in [2.24, 2.45) is 5.92 Å². The van der Waals surface area contributed by atoms with E-state index < -0.39 is 16.3 Å². The number of amides is 1. The average molecular weight is 383 g/mol. The molecule has 1 amide bonds. The van der Waals surface area contributed by atoms with E-state index in [0.717, 1.165) is 38.0 Å². The van der Waals surface area contributed by atoms with Gasteiger partial charge in [-0.25, -0.2) is 13.2 Å². The second-order valence-corrected chi connectivity index (χ2v) is 8.90. The van der Waals surface area contributed by atoms with Crippen LogP contribution in [0.25, 0.3) is 0 Å². The van der Waals surface area contributed by atoms with Crippen molar-refractivity contribution < 1.29 is 17.9 Å². The molecule has 0 atom stereocenters. The third-order valence-electron chi connectivity index (χ3n) is 4.50. The number of benzene rings is 1. The zero-order valence-corrected chi connectivity index (χ0v) is 17.0. The van der Waals surface area contributed by atoms with Crippen LogP contribution in [0, 0.1) is 5.92 Å². The summed E-state index contributed by atoms with van der Waals surface area (Å²) < 4.78 is 27.1. The minimum Gasteiger partial charge on any atom is -0.444 e. The fourth-order valence-electron chi connectivity index (χ4n) is 3.12. The summed E-state index contributed by atoms with van der Waals surface area (Å²) in [6.07, 6.45) is 2.69. The normalized spacial score (nSPS) is 16.0. The summed E-state index contributed by atoms with van der Waals surface area (Å²) in [6.45, 7) is 7.12. The second kappa shape index (κ2) is 8.75. The fourth-order valence-corrected chi connectivity index (χ4v) is 3.63. The van der Waals surface area contributed by atoms with Gasteiger partial charge in [-0.1, -0.05) is 12.1 Å². The van der Waals surface area contributed by atoms with E-state index in [2.05, 4.69) is 12.1 Å². The molecule has 1 fully saturated rings. The molecular weight excluding hydrogens is 352 g/mol. The summed E-state index contributed by atoms with van der Waals surface area (Å²) in [6, 6.07) is 8.04. The van der Waals surface area contributed by atoms with Crippen LogP contribution in [0.15, 0.2) is 24.3 Å². The zero-order chi connectivity index (χ0) is 19.3. The lowest BCUT2D eigenvalue weighted by atomic mass is 9.90. The van der Waals surface area contributed by atoms with E-state index in [1.807, 2.05) is 32.9 Å². The van der Waals surface area contributed by atoms with Crippen LogP contribution >= 0.6 is 0 Å². The monoisotopic (exact) mass is 382 g/mol. The molecule has 1 aliphatic rings. The summed E-state index contributed by atoms with van der Waals surface area (Å²) >= 11 is 0. The van der Waals surface area contributed by atoms with E-state index >= 15 is 0 Å². The minimum atomic E-state index is -2.42. The number of anilines is 1. The molecule has 1 aromatic carbocycles. The molecule has 0 spiro atoms. The summed E-state index contributed by atoms with van der Waals surface area (Å²) in [5.74, 6) is 0.575. The van der Waals surface area contributed by atoms with Crippen LogP contribution < -0.4 is 4.90 Å². The Bertz CT molecular complexity index is 664. The first-order valence-electron chi connectivity index (χ1n) is 9.04. The molecule has 0 N–H and O–H groups in total. The molecule has 2 rings (SSSR count). The molecule has 0 bridgehead atoms. The quantitative estimate of drug-likeness (QED) is 0.793. The molecule has 1 heterocycles. The van der Waals surface area contributed by atoms with Crippen molar-refractivity contribution in [1.82, 2.24) is 4.90 Å². The van der Waals surface area contributed by atoms with Gasteiger partial charge in [-0.15, -0.1) is 0 Å². The van der Waals surface area contributed by atoms with Gasteiger partial charge in [-0.05, 0) is 63.6 Å². The van der Waals surface area contributed by atoms with Crippen molar-refractivity contribution in [3.8, 4) is 0 Å². The number of piperidine rings is 1. The number of thiol groups is 1. The SMILES string of the molecule is CN(C[SH](=O)=O)c1ccc(CC2CCN(C(=O)OC(C)(C)C)CC2)cc1. The number of rotatable bonds is 5. The number of likely N-dealkylation sites (tertiary alicyclic amines) is 1. The van der Waals surface area contributed by atoms with Gasteiger partial charge in [0.15, 0.2) is 10.7 Å².